The second-order valence-corrected chi connectivity index (χ2v) is 6.61. The Balaban J connectivity index is 2.37. The average Bonchev–Trinajstić information content (AvgIpc) is 2.47. The van der Waals surface area contributed by atoms with Crippen molar-refractivity contribution in [2.45, 2.75) is 24.5 Å². The quantitative estimate of drug-likeness (QED) is 0.834. The van der Waals surface area contributed by atoms with Crippen LogP contribution in [0.5, 0.6) is 0 Å². The van der Waals surface area contributed by atoms with Crippen molar-refractivity contribution < 1.29 is 21.6 Å². The number of nitrogens with two attached hydrogens (primary N) is 1. The Hall–Kier alpha value is -2.13. The lowest BCUT2D eigenvalue weighted by atomic mass is 10.1. The molecule has 0 atom stereocenters. The van der Waals surface area contributed by atoms with Gasteiger partial charge in [0.05, 0.1) is 10.5 Å². The van der Waals surface area contributed by atoms with E-state index in [-0.39, 0.29) is 17.8 Å². The Labute approximate surface area is 131 Å². The van der Waals surface area contributed by atoms with Crippen LogP contribution in [0.3, 0.4) is 0 Å². The molecule has 0 aliphatic carbocycles. The molecular formula is C14H14F3N3O2S. The molecule has 2 rings (SSSR count). The van der Waals surface area contributed by atoms with E-state index in [0.29, 0.717) is 11.6 Å². The summed E-state index contributed by atoms with van der Waals surface area (Å²) >= 11 is 0. The fourth-order valence-corrected chi connectivity index (χ4v) is 3.23. The summed E-state index contributed by atoms with van der Waals surface area (Å²) in [4.78, 5) is 3.34. The molecule has 0 unspecified atom stereocenters. The zero-order valence-electron chi connectivity index (χ0n) is 12.1. The highest BCUT2D eigenvalue weighted by Crippen LogP contribution is 2.34. The van der Waals surface area contributed by atoms with Crippen molar-refractivity contribution in [1.29, 1.82) is 0 Å². The topological polar surface area (TPSA) is 85.1 Å². The summed E-state index contributed by atoms with van der Waals surface area (Å²) in [5, 5.41) is 0. The molecule has 1 aromatic carbocycles. The fourth-order valence-electron chi connectivity index (χ4n) is 1.91. The van der Waals surface area contributed by atoms with Gasteiger partial charge >= 0.3 is 6.18 Å². The number of hydrogen-bond acceptors (Lipinski definition) is 4. The monoisotopic (exact) mass is 345 g/mol. The number of nitrogen functional groups attached to an aromatic ring is 1. The summed E-state index contributed by atoms with van der Waals surface area (Å²) in [5.74, 6) is 0. The summed E-state index contributed by atoms with van der Waals surface area (Å²) in [7, 11) is -4.15. The highest BCUT2D eigenvalue weighted by Gasteiger charge is 2.33. The third-order valence-corrected chi connectivity index (χ3v) is 4.73. The second kappa shape index (κ2) is 6.17. The van der Waals surface area contributed by atoms with Crippen molar-refractivity contribution >= 4 is 15.7 Å². The van der Waals surface area contributed by atoms with Gasteiger partial charge in [-0.2, -0.15) is 13.2 Å². The van der Waals surface area contributed by atoms with Gasteiger partial charge < -0.3 is 5.73 Å². The van der Waals surface area contributed by atoms with Crippen molar-refractivity contribution in [1.82, 2.24) is 9.71 Å². The van der Waals surface area contributed by atoms with Gasteiger partial charge in [0.2, 0.25) is 10.0 Å². The summed E-state index contributed by atoms with van der Waals surface area (Å²) in [6, 6.07) is 4.56. The standard InChI is InChI=1S/C14H14F3N3O2S/c1-9-12(18)5-11(14(15,16)17)6-13(9)23(21,22)20-8-10-3-2-4-19-7-10/h2-7,20H,8,18H2,1H3. The fraction of sp³-hybridized carbons (Fsp3) is 0.214. The lowest BCUT2D eigenvalue weighted by Gasteiger charge is -2.15. The van der Waals surface area contributed by atoms with Crippen molar-refractivity contribution in [3.05, 3.63) is 53.3 Å². The van der Waals surface area contributed by atoms with Gasteiger partial charge in [0.1, 0.15) is 0 Å². The second-order valence-electron chi connectivity index (χ2n) is 4.87. The summed E-state index contributed by atoms with van der Waals surface area (Å²) < 4.78 is 65.4. The van der Waals surface area contributed by atoms with E-state index in [0.717, 1.165) is 6.07 Å². The van der Waals surface area contributed by atoms with Crippen molar-refractivity contribution in [3.63, 3.8) is 0 Å². The van der Waals surface area contributed by atoms with E-state index >= 15 is 0 Å². The molecule has 1 aromatic heterocycles. The molecule has 0 radical (unpaired) electrons. The molecule has 0 amide bonds. The first-order chi connectivity index (χ1) is 10.6. The van der Waals surface area contributed by atoms with Crippen molar-refractivity contribution in [2.75, 3.05) is 5.73 Å². The summed E-state index contributed by atoms with van der Waals surface area (Å²) in [6.07, 6.45) is -1.71. The maximum absolute atomic E-state index is 12.8. The molecule has 0 spiro atoms. The van der Waals surface area contributed by atoms with Crippen molar-refractivity contribution in [2.24, 2.45) is 0 Å². The molecule has 0 saturated carbocycles. The van der Waals surface area contributed by atoms with Gasteiger partial charge in [0.15, 0.2) is 0 Å². The minimum absolute atomic E-state index is 0.0664. The van der Waals surface area contributed by atoms with Crippen molar-refractivity contribution in [3.8, 4) is 0 Å². The third-order valence-electron chi connectivity index (χ3n) is 3.21. The Morgan fingerprint density at radius 3 is 2.57 bits per heavy atom. The van der Waals surface area contributed by atoms with Crippen LogP contribution in [-0.2, 0) is 22.7 Å². The maximum atomic E-state index is 12.8. The molecular weight excluding hydrogens is 331 g/mol. The van der Waals surface area contributed by atoms with Gasteiger partial charge in [-0.3, -0.25) is 4.98 Å². The largest absolute Gasteiger partial charge is 0.416 e. The smallest absolute Gasteiger partial charge is 0.398 e. The first kappa shape index (κ1) is 17.2. The SMILES string of the molecule is Cc1c(N)cc(C(F)(F)F)cc1S(=O)(=O)NCc1cccnc1. The number of benzene rings is 1. The lowest BCUT2D eigenvalue weighted by molar-refractivity contribution is -0.137. The van der Waals surface area contributed by atoms with Gasteiger partial charge in [-0.1, -0.05) is 6.07 Å². The van der Waals surface area contributed by atoms with Gasteiger partial charge in [-0.25, -0.2) is 13.1 Å². The van der Waals surface area contributed by atoms with Crippen LogP contribution in [-0.4, -0.2) is 13.4 Å². The average molecular weight is 345 g/mol. The summed E-state index contributed by atoms with van der Waals surface area (Å²) in [5.41, 5.74) is 4.82. The van der Waals surface area contributed by atoms with E-state index in [1.807, 2.05) is 0 Å². The molecule has 9 heteroatoms. The highest BCUT2D eigenvalue weighted by atomic mass is 32.2. The predicted molar refractivity (Wildman–Crippen MR) is 78.9 cm³/mol. The number of pyridine rings is 1. The molecule has 124 valence electrons. The van der Waals surface area contributed by atoms with Crippen LogP contribution in [0.25, 0.3) is 0 Å². The Kier molecular flexibility index (Phi) is 4.62. The molecule has 0 saturated heterocycles. The van der Waals surface area contributed by atoms with Crippen LogP contribution in [0.4, 0.5) is 18.9 Å². The van der Waals surface area contributed by atoms with Crippen LogP contribution < -0.4 is 10.5 Å². The number of halogens is 3. The van der Waals surface area contributed by atoms with E-state index in [1.165, 1.54) is 19.3 Å². The van der Waals surface area contributed by atoms with Crippen LogP contribution in [0.2, 0.25) is 0 Å². The Morgan fingerprint density at radius 2 is 2.00 bits per heavy atom. The molecule has 0 fully saturated rings. The number of sulfonamides is 1. The number of aromatic nitrogens is 1. The number of rotatable bonds is 4. The molecule has 2 aromatic rings. The normalized spacial score (nSPS) is 12.3. The van der Waals surface area contributed by atoms with Gasteiger partial charge in [-0.15, -0.1) is 0 Å². The Morgan fingerprint density at radius 1 is 1.30 bits per heavy atom. The minimum atomic E-state index is -4.69. The molecule has 1 heterocycles. The first-order valence-corrected chi connectivity index (χ1v) is 7.95. The molecule has 23 heavy (non-hydrogen) atoms. The molecule has 5 nitrogen and oxygen atoms in total. The van der Waals surface area contributed by atoms with E-state index < -0.39 is 26.7 Å². The van der Waals surface area contributed by atoms with Crippen LogP contribution in [0.15, 0.2) is 41.6 Å². The Bertz CT molecular complexity index is 806. The number of nitrogens with zero attached hydrogens (tertiary/aromatic N) is 1. The number of alkyl halides is 3. The van der Waals surface area contributed by atoms with Crippen LogP contribution >= 0.6 is 0 Å². The molecule has 3 N–H and O–H groups in total. The van der Waals surface area contributed by atoms with Crippen LogP contribution in [0.1, 0.15) is 16.7 Å². The highest BCUT2D eigenvalue weighted by molar-refractivity contribution is 7.89. The molecule has 0 bridgehead atoms. The van der Waals surface area contributed by atoms with E-state index in [9.17, 15) is 21.6 Å². The zero-order chi connectivity index (χ0) is 17.3. The molecule has 0 aliphatic rings. The van der Waals surface area contributed by atoms with Gasteiger partial charge in [-0.05, 0) is 36.2 Å². The summed E-state index contributed by atoms with van der Waals surface area (Å²) in [6.45, 7) is 1.26. The van der Waals surface area contributed by atoms with Gasteiger partial charge in [0.25, 0.3) is 0 Å². The number of anilines is 1. The van der Waals surface area contributed by atoms with E-state index in [1.54, 1.807) is 12.1 Å². The first-order valence-electron chi connectivity index (χ1n) is 6.47. The third kappa shape index (κ3) is 3.99. The lowest BCUT2D eigenvalue weighted by Crippen LogP contribution is -2.25. The van der Waals surface area contributed by atoms with E-state index in [4.69, 9.17) is 5.73 Å². The molecule has 0 aliphatic heterocycles. The van der Waals surface area contributed by atoms with E-state index in [2.05, 4.69) is 9.71 Å². The van der Waals surface area contributed by atoms with Crippen LogP contribution in [0, 0.1) is 6.92 Å². The van der Waals surface area contributed by atoms with Gasteiger partial charge in [0, 0.05) is 24.6 Å². The minimum Gasteiger partial charge on any atom is -0.398 e. The maximum Gasteiger partial charge on any atom is 0.416 e. The zero-order valence-corrected chi connectivity index (χ0v) is 12.9. The number of nitrogens with one attached hydrogen (secondary N) is 1. The number of hydrogen-bond donors (Lipinski definition) is 2. The predicted octanol–water partition coefficient (Wildman–Crippen LogP) is 2.47.